The Morgan fingerprint density at radius 1 is 1.06 bits per heavy atom. The Balaban J connectivity index is 1.28. The Kier molecular flexibility index (Phi) is 9.89. The first kappa shape index (κ1) is 35.3. The number of allylic oxidation sites excluding steroid dienone is 1. The van der Waals surface area contributed by atoms with Crippen LogP contribution in [0.5, 0.6) is 5.88 Å². The van der Waals surface area contributed by atoms with Gasteiger partial charge < -0.3 is 25.0 Å². The number of fused-ring (bicyclic) bond motifs is 2. The molecule has 6 rings (SSSR count). The molecule has 3 fully saturated rings. The number of nitrogens with one attached hydrogen (secondary N) is 3. The van der Waals surface area contributed by atoms with Gasteiger partial charge in [0.15, 0.2) is 0 Å². The molecule has 1 aromatic carbocycles. The molecule has 268 valence electrons. The number of ether oxygens (including phenoxy) is 2. The molecule has 15 heteroatoms. The van der Waals surface area contributed by atoms with Crippen molar-refractivity contribution in [3.8, 4) is 17.1 Å². The smallest absolute Gasteiger partial charge is 0.408 e. The van der Waals surface area contributed by atoms with E-state index in [1.807, 2.05) is 42.5 Å². The largest absolute Gasteiger partial charge is 0.472 e. The molecule has 4 amide bonds. The van der Waals surface area contributed by atoms with E-state index in [-0.39, 0.29) is 25.3 Å². The summed E-state index contributed by atoms with van der Waals surface area (Å²) in [5.74, 6) is -2.08. The third-order valence-electron chi connectivity index (χ3n) is 9.28. The highest BCUT2D eigenvalue weighted by Crippen LogP contribution is 2.46. The number of nitrogens with zero attached hydrogens (tertiary/aromatic N) is 3. The van der Waals surface area contributed by atoms with Gasteiger partial charge >= 0.3 is 6.09 Å². The lowest BCUT2D eigenvalue weighted by atomic mass is 10.0. The number of aromatic nitrogens is 2. The lowest BCUT2D eigenvalue weighted by molar-refractivity contribution is -0.141. The van der Waals surface area contributed by atoms with Crippen LogP contribution in [0.25, 0.3) is 11.3 Å². The Bertz CT molecular complexity index is 1760. The molecule has 3 N–H and O–H groups in total. The molecule has 0 radical (unpaired) electrons. The molecule has 1 aromatic heterocycles. The summed E-state index contributed by atoms with van der Waals surface area (Å²) in [7, 11) is -3.87. The predicted octanol–water partition coefficient (Wildman–Crippen LogP) is 3.00. The number of rotatable bonds is 7. The van der Waals surface area contributed by atoms with E-state index in [4.69, 9.17) is 9.47 Å². The summed E-state index contributed by atoms with van der Waals surface area (Å²) in [5, 5.41) is 4.94. The lowest BCUT2D eigenvalue weighted by Gasteiger charge is -2.30. The average molecular weight is 709 g/mol. The molecule has 0 unspecified atom stereocenters. The topological polar surface area (TPSA) is 186 Å². The van der Waals surface area contributed by atoms with Gasteiger partial charge in [-0.2, -0.15) is 0 Å². The summed E-state index contributed by atoms with van der Waals surface area (Å²) in [4.78, 5) is 64.9. The second-order valence-corrected chi connectivity index (χ2v) is 16.4. The van der Waals surface area contributed by atoms with Crippen LogP contribution in [-0.2, 0) is 29.1 Å². The van der Waals surface area contributed by atoms with Gasteiger partial charge in [-0.05, 0) is 59.3 Å². The van der Waals surface area contributed by atoms with Crippen LogP contribution in [0.3, 0.4) is 0 Å². The second-order valence-electron chi connectivity index (χ2n) is 14.4. The van der Waals surface area contributed by atoms with Gasteiger partial charge in [0.25, 0.3) is 5.91 Å². The first-order valence-electron chi connectivity index (χ1n) is 17.1. The van der Waals surface area contributed by atoms with Crippen LogP contribution >= 0.6 is 0 Å². The number of carbonyl (C=O) groups is 4. The highest BCUT2D eigenvalue weighted by Gasteiger charge is 2.62. The summed E-state index contributed by atoms with van der Waals surface area (Å²) >= 11 is 0. The third kappa shape index (κ3) is 8.25. The van der Waals surface area contributed by atoms with E-state index in [1.54, 1.807) is 26.8 Å². The normalized spacial score (nSPS) is 27.9. The summed E-state index contributed by atoms with van der Waals surface area (Å²) in [6.07, 6.45) is 7.12. The average Bonchev–Trinajstić information content (AvgIpc) is 3.98. The van der Waals surface area contributed by atoms with Crippen molar-refractivity contribution in [2.24, 2.45) is 5.92 Å². The van der Waals surface area contributed by atoms with E-state index in [2.05, 4.69) is 25.3 Å². The Morgan fingerprint density at radius 3 is 2.54 bits per heavy atom. The van der Waals surface area contributed by atoms with E-state index >= 15 is 0 Å². The predicted molar refractivity (Wildman–Crippen MR) is 182 cm³/mol. The van der Waals surface area contributed by atoms with Crippen LogP contribution in [0.4, 0.5) is 4.79 Å². The monoisotopic (exact) mass is 708 g/mol. The molecule has 2 aliphatic heterocycles. The highest BCUT2D eigenvalue weighted by atomic mass is 32.2. The van der Waals surface area contributed by atoms with Crippen molar-refractivity contribution in [1.82, 2.24) is 30.2 Å². The Morgan fingerprint density at radius 2 is 1.82 bits per heavy atom. The molecule has 14 nitrogen and oxygen atoms in total. The number of amides is 4. The van der Waals surface area contributed by atoms with E-state index in [0.717, 1.165) is 5.56 Å². The second kappa shape index (κ2) is 14.0. The zero-order chi connectivity index (χ0) is 35.7. The lowest BCUT2D eigenvalue weighted by Crippen LogP contribution is -2.58. The maximum Gasteiger partial charge on any atom is 0.408 e. The van der Waals surface area contributed by atoms with E-state index in [9.17, 15) is 27.6 Å². The van der Waals surface area contributed by atoms with Gasteiger partial charge in [0.1, 0.15) is 35.7 Å². The number of alkyl carbamates (subject to hydrolysis) is 1. The molecule has 2 aromatic rings. The Hall–Kier alpha value is -4.53. The molecule has 1 saturated heterocycles. The minimum Gasteiger partial charge on any atom is -0.472 e. The van der Waals surface area contributed by atoms with Crippen molar-refractivity contribution < 1.29 is 37.1 Å². The fourth-order valence-corrected chi connectivity index (χ4v) is 7.83. The molecule has 2 saturated carbocycles. The van der Waals surface area contributed by atoms with E-state index in [0.29, 0.717) is 44.2 Å². The maximum atomic E-state index is 14.3. The van der Waals surface area contributed by atoms with Gasteiger partial charge in [-0.15, -0.1) is 0 Å². The minimum atomic E-state index is -3.87. The fraction of sp³-hybridized carbons (Fsp3) is 0.543. The van der Waals surface area contributed by atoms with Crippen molar-refractivity contribution in [2.75, 3.05) is 6.54 Å². The number of sulfonamides is 1. The molecule has 3 heterocycles. The van der Waals surface area contributed by atoms with E-state index < -0.39 is 74.3 Å². The van der Waals surface area contributed by atoms with Crippen LogP contribution in [0.15, 0.2) is 54.9 Å². The van der Waals surface area contributed by atoms with Gasteiger partial charge in [-0.1, -0.05) is 48.9 Å². The van der Waals surface area contributed by atoms with Crippen molar-refractivity contribution >= 4 is 33.8 Å². The van der Waals surface area contributed by atoms with Crippen molar-refractivity contribution in [3.05, 3.63) is 54.9 Å². The zero-order valence-corrected chi connectivity index (χ0v) is 29.3. The summed E-state index contributed by atoms with van der Waals surface area (Å²) in [5.41, 5.74) is -0.801. The number of hydrogen-bond acceptors (Lipinski definition) is 10. The van der Waals surface area contributed by atoms with E-state index in [1.165, 1.54) is 11.2 Å². The van der Waals surface area contributed by atoms with Crippen molar-refractivity contribution in [1.29, 1.82) is 0 Å². The SMILES string of the molecule is CC(C)(C)OC(=O)N[C@H]1CCCC/C=C\[C@@H]2C[C@@]2(C(=O)NS(=O)(=O)C2CC2)NC(=O)[C@@H]2C[C@@H](Oc3cc(-c4ccccc4)ncn3)CN2C1=O. The Labute approximate surface area is 291 Å². The van der Waals surface area contributed by atoms with Gasteiger partial charge in [0.2, 0.25) is 27.7 Å². The molecule has 2 aliphatic carbocycles. The molecular weight excluding hydrogens is 664 g/mol. The number of carbonyl (C=O) groups excluding carboxylic acids is 4. The van der Waals surface area contributed by atoms with Gasteiger partial charge in [0.05, 0.1) is 17.5 Å². The molecule has 5 atom stereocenters. The van der Waals surface area contributed by atoms with Crippen molar-refractivity contribution in [3.63, 3.8) is 0 Å². The fourth-order valence-electron chi connectivity index (χ4n) is 6.46. The van der Waals surface area contributed by atoms with Gasteiger partial charge in [0, 0.05) is 24.0 Å². The maximum absolute atomic E-state index is 14.3. The van der Waals surface area contributed by atoms with Crippen LogP contribution in [-0.4, -0.2) is 88.2 Å². The molecule has 50 heavy (non-hydrogen) atoms. The van der Waals surface area contributed by atoms with Gasteiger partial charge in [-0.25, -0.2) is 23.2 Å². The highest BCUT2D eigenvalue weighted by molar-refractivity contribution is 7.91. The zero-order valence-electron chi connectivity index (χ0n) is 28.5. The molecule has 0 bridgehead atoms. The number of benzene rings is 1. The summed E-state index contributed by atoms with van der Waals surface area (Å²) < 4.78 is 39.4. The quantitative estimate of drug-likeness (QED) is 0.361. The van der Waals surface area contributed by atoms with Crippen LogP contribution in [0, 0.1) is 5.92 Å². The van der Waals surface area contributed by atoms with Crippen LogP contribution in [0.2, 0.25) is 0 Å². The first-order valence-corrected chi connectivity index (χ1v) is 18.7. The minimum absolute atomic E-state index is 0.00726. The first-order chi connectivity index (χ1) is 23.7. The molecular formula is C35H44N6O8S. The van der Waals surface area contributed by atoms with Gasteiger partial charge in [-0.3, -0.25) is 19.1 Å². The number of hydrogen-bond donors (Lipinski definition) is 3. The summed E-state index contributed by atoms with van der Waals surface area (Å²) in [6, 6.07) is 9.06. The summed E-state index contributed by atoms with van der Waals surface area (Å²) in [6.45, 7) is 5.16. The standard InChI is InChI=1S/C35H44N6O8S/c1-34(2,3)49-33(45)38-26-14-10-5-4-9-13-23-19-35(23,32(44)40-50(46,47)25-15-16-25)39-30(42)28-17-24(20-41(28)31(26)43)48-29-18-27(36-21-37-29)22-11-7-6-8-12-22/h6-9,11-13,18,21,23-26,28H,4-5,10,14-17,19-20H2,1-3H3,(H,38,45)(H,39,42)(H,40,44)/b13-9-/t23-,24-,26+,28+,35-/m1/s1. The van der Waals surface area contributed by atoms with Crippen LogP contribution < -0.4 is 20.1 Å². The molecule has 4 aliphatic rings. The van der Waals surface area contributed by atoms with Crippen LogP contribution in [0.1, 0.15) is 72.1 Å². The van der Waals surface area contributed by atoms with Crippen molar-refractivity contribution in [2.45, 2.75) is 107 Å². The third-order valence-corrected chi connectivity index (χ3v) is 11.1. The molecule has 0 spiro atoms.